The summed E-state index contributed by atoms with van der Waals surface area (Å²) >= 11 is 9.21. The summed E-state index contributed by atoms with van der Waals surface area (Å²) in [5.41, 5.74) is 1.85. The second kappa shape index (κ2) is 5.07. The summed E-state index contributed by atoms with van der Waals surface area (Å²) in [4.78, 5) is 9.53. The van der Waals surface area contributed by atoms with Crippen molar-refractivity contribution in [1.82, 2.24) is 9.97 Å². The average molecular weight is 311 g/mol. The van der Waals surface area contributed by atoms with Crippen LogP contribution in [0.15, 0.2) is 34.8 Å². The van der Waals surface area contributed by atoms with Gasteiger partial charge in [0.15, 0.2) is 5.16 Å². The van der Waals surface area contributed by atoms with Gasteiger partial charge in [0.25, 0.3) is 0 Å². The maximum atomic E-state index is 13.0. The lowest BCUT2D eigenvalue weighted by atomic mass is 10.1. The fraction of sp³-hybridized carbons (Fsp3) is 0.0769. The molecule has 0 unspecified atom stereocenters. The summed E-state index contributed by atoms with van der Waals surface area (Å²) in [6, 6.07) is 6.33. The van der Waals surface area contributed by atoms with Gasteiger partial charge in [-0.2, -0.15) is 0 Å². The molecule has 0 saturated carbocycles. The topological polar surface area (TPSA) is 25.8 Å². The Morgan fingerprint density at radius 2 is 1.95 bits per heavy atom. The van der Waals surface area contributed by atoms with Crippen LogP contribution in [0.25, 0.3) is 21.3 Å². The first-order chi connectivity index (χ1) is 9.19. The number of halogens is 2. The summed E-state index contributed by atoms with van der Waals surface area (Å²) < 4.78 is 13.0. The van der Waals surface area contributed by atoms with Crippen molar-refractivity contribution in [3.05, 3.63) is 40.6 Å². The lowest BCUT2D eigenvalue weighted by Gasteiger charge is -2.02. The minimum atomic E-state index is -0.254. The predicted octanol–water partition coefficient (Wildman–Crippen LogP) is 4.87. The Hall–Kier alpha value is -1.17. The molecule has 0 aliphatic heterocycles. The molecule has 19 heavy (non-hydrogen) atoms. The van der Waals surface area contributed by atoms with E-state index in [2.05, 4.69) is 9.97 Å². The van der Waals surface area contributed by atoms with E-state index >= 15 is 0 Å². The molecule has 2 heterocycles. The Kier molecular flexibility index (Phi) is 3.43. The zero-order chi connectivity index (χ0) is 13.4. The second-order valence-electron chi connectivity index (χ2n) is 3.84. The van der Waals surface area contributed by atoms with Crippen LogP contribution in [0.1, 0.15) is 0 Å². The van der Waals surface area contributed by atoms with Gasteiger partial charge in [0, 0.05) is 10.9 Å². The van der Waals surface area contributed by atoms with Crippen molar-refractivity contribution in [1.29, 1.82) is 0 Å². The first-order valence-corrected chi connectivity index (χ1v) is 7.92. The molecule has 3 aromatic rings. The van der Waals surface area contributed by atoms with Crippen molar-refractivity contribution < 1.29 is 4.39 Å². The molecule has 2 aromatic heterocycles. The van der Waals surface area contributed by atoms with Crippen molar-refractivity contribution >= 4 is 44.9 Å². The van der Waals surface area contributed by atoms with Gasteiger partial charge in [-0.15, -0.1) is 11.3 Å². The molecule has 0 saturated heterocycles. The van der Waals surface area contributed by atoms with E-state index in [1.807, 2.05) is 11.6 Å². The van der Waals surface area contributed by atoms with E-state index in [-0.39, 0.29) is 5.82 Å². The van der Waals surface area contributed by atoms with Gasteiger partial charge < -0.3 is 0 Å². The first-order valence-electron chi connectivity index (χ1n) is 5.43. The van der Waals surface area contributed by atoms with Crippen LogP contribution in [0.3, 0.4) is 0 Å². The molecule has 3 rings (SSSR count). The number of hydrogen-bond acceptors (Lipinski definition) is 4. The molecule has 2 nitrogen and oxygen atoms in total. The fourth-order valence-electron chi connectivity index (χ4n) is 1.81. The predicted molar refractivity (Wildman–Crippen MR) is 79.6 cm³/mol. The number of nitrogens with zero attached hydrogens (tertiary/aromatic N) is 2. The summed E-state index contributed by atoms with van der Waals surface area (Å²) in [6.45, 7) is 0. The molecule has 0 radical (unpaired) electrons. The number of thiophene rings is 1. The zero-order valence-electron chi connectivity index (χ0n) is 9.85. The van der Waals surface area contributed by atoms with Crippen molar-refractivity contribution in [2.45, 2.75) is 5.16 Å². The van der Waals surface area contributed by atoms with Gasteiger partial charge in [-0.25, -0.2) is 14.4 Å². The molecule has 0 atom stereocenters. The van der Waals surface area contributed by atoms with Crippen LogP contribution in [-0.4, -0.2) is 16.2 Å². The highest BCUT2D eigenvalue weighted by Gasteiger charge is 2.13. The van der Waals surface area contributed by atoms with E-state index in [0.717, 1.165) is 21.3 Å². The molecule has 96 valence electrons. The third-order valence-corrected chi connectivity index (χ3v) is 4.40. The van der Waals surface area contributed by atoms with Gasteiger partial charge in [0.1, 0.15) is 15.8 Å². The van der Waals surface area contributed by atoms with E-state index in [0.29, 0.717) is 10.3 Å². The van der Waals surface area contributed by atoms with E-state index in [9.17, 15) is 4.39 Å². The van der Waals surface area contributed by atoms with E-state index in [4.69, 9.17) is 11.6 Å². The van der Waals surface area contributed by atoms with Crippen LogP contribution in [0.4, 0.5) is 4.39 Å². The Morgan fingerprint density at radius 3 is 2.63 bits per heavy atom. The van der Waals surface area contributed by atoms with Crippen LogP contribution in [0.5, 0.6) is 0 Å². The molecule has 0 amide bonds. The number of fused-ring (bicyclic) bond motifs is 1. The van der Waals surface area contributed by atoms with Crippen LogP contribution in [-0.2, 0) is 0 Å². The third-order valence-electron chi connectivity index (χ3n) is 2.71. The van der Waals surface area contributed by atoms with Gasteiger partial charge in [-0.05, 0) is 24.0 Å². The van der Waals surface area contributed by atoms with Gasteiger partial charge in [-0.3, -0.25) is 0 Å². The summed E-state index contributed by atoms with van der Waals surface area (Å²) in [5.74, 6) is -0.254. The Balaban J connectivity index is 2.23. The molecule has 0 spiro atoms. The van der Waals surface area contributed by atoms with Crippen molar-refractivity contribution in [3.63, 3.8) is 0 Å². The molecule has 0 fully saturated rings. The second-order valence-corrected chi connectivity index (χ2v) is 5.83. The normalized spacial score (nSPS) is 11.1. The maximum absolute atomic E-state index is 13.0. The summed E-state index contributed by atoms with van der Waals surface area (Å²) in [7, 11) is 0. The third kappa shape index (κ3) is 2.33. The van der Waals surface area contributed by atoms with E-state index in [1.165, 1.54) is 35.2 Å². The Morgan fingerprint density at radius 1 is 1.21 bits per heavy atom. The minimum absolute atomic E-state index is 0.254. The molecule has 0 N–H and O–H groups in total. The highest BCUT2D eigenvalue weighted by molar-refractivity contribution is 7.98. The maximum Gasteiger partial charge on any atom is 0.190 e. The average Bonchev–Trinajstić information content (AvgIpc) is 2.84. The standard InChI is InChI=1S/C13H8ClFN2S2/c1-18-13-16-11(14)10-9(6-19-12(10)17-13)7-2-4-8(15)5-3-7/h2-6H,1H3. The smallest absolute Gasteiger partial charge is 0.190 e. The molecule has 1 aromatic carbocycles. The highest BCUT2D eigenvalue weighted by Crippen LogP contribution is 2.37. The summed E-state index contributed by atoms with van der Waals surface area (Å²) in [5, 5.41) is 3.90. The molecular weight excluding hydrogens is 303 g/mol. The number of rotatable bonds is 2. The molecule has 6 heteroatoms. The Labute approximate surface area is 122 Å². The number of benzene rings is 1. The summed E-state index contributed by atoms with van der Waals surface area (Å²) in [6.07, 6.45) is 1.91. The van der Waals surface area contributed by atoms with E-state index in [1.54, 1.807) is 12.1 Å². The van der Waals surface area contributed by atoms with Crippen molar-refractivity contribution in [3.8, 4) is 11.1 Å². The van der Waals surface area contributed by atoms with Crippen LogP contribution in [0.2, 0.25) is 5.15 Å². The Bertz CT molecular complexity index is 740. The molecule has 0 bridgehead atoms. The number of hydrogen-bond donors (Lipinski definition) is 0. The first kappa shape index (κ1) is 12.8. The highest BCUT2D eigenvalue weighted by atomic mass is 35.5. The van der Waals surface area contributed by atoms with Gasteiger partial charge >= 0.3 is 0 Å². The van der Waals surface area contributed by atoms with E-state index < -0.39 is 0 Å². The zero-order valence-corrected chi connectivity index (χ0v) is 12.2. The van der Waals surface area contributed by atoms with Crippen molar-refractivity contribution in [2.75, 3.05) is 6.26 Å². The van der Waals surface area contributed by atoms with Crippen LogP contribution >= 0.6 is 34.7 Å². The van der Waals surface area contributed by atoms with Crippen LogP contribution in [0, 0.1) is 5.82 Å². The molecular formula is C13H8ClFN2S2. The monoisotopic (exact) mass is 310 g/mol. The fourth-order valence-corrected chi connectivity index (χ4v) is 3.56. The molecule has 0 aliphatic carbocycles. The largest absolute Gasteiger partial charge is 0.211 e. The molecule has 0 aliphatic rings. The SMILES string of the molecule is CSc1nc(Cl)c2c(-c3ccc(F)cc3)csc2n1. The number of aromatic nitrogens is 2. The van der Waals surface area contributed by atoms with Gasteiger partial charge in [0.05, 0.1) is 5.39 Å². The van der Waals surface area contributed by atoms with Gasteiger partial charge in [0.2, 0.25) is 0 Å². The lowest BCUT2D eigenvalue weighted by molar-refractivity contribution is 0.628. The van der Waals surface area contributed by atoms with Crippen molar-refractivity contribution in [2.24, 2.45) is 0 Å². The number of thioether (sulfide) groups is 1. The minimum Gasteiger partial charge on any atom is -0.211 e. The quantitative estimate of drug-likeness (QED) is 0.383. The van der Waals surface area contributed by atoms with Crippen LogP contribution < -0.4 is 0 Å². The van der Waals surface area contributed by atoms with Gasteiger partial charge in [-0.1, -0.05) is 35.5 Å². The lowest BCUT2D eigenvalue weighted by Crippen LogP contribution is -1.87.